The third kappa shape index (κ3) is 7.17. The standard InChI is InChI=1S/C15H30N2O.ClH/c1-12(16)13-7-10-17(11-8-13)14(18)6-5-9-15(2,3)4;/h12-13H,5-11,16H2,1-4H3;1H. The van der Waals surface area contributed by atoms with Crippen LogP contribution in [-0.2, 0) is 4.79 Å². The highest BCUT2D eigenvalue weighted by Gasteiger charge is 2.24. The molecule has 0 radical (unpaired) electrons. The number of nitrogens with zero attached hydrogens (tertiary/aromatic N) is 1. The van der Waals surface area contributed by atoms with Gasteiger partial charge in [0.15, 0.2) is 0 Å². The summed E-state index contributed by atoms with van der Waals surface area (Å²) in [5.41, 5.74) is 6.25. The Morgan fingerprint density at radius 1 is 1.32 bits per heavy atom. The van der Waals surface area contributed by atoms with Crippen LogP contribution in [0, 0.1) is 11.3 Å². The van der Waals surface area contributed by atoms with Crippen LogP contribution in [0.3, 0.4) is 0 Å². The average molecular weight is 291 g/mol. The van der Waals surface area contributed by atoms with E-state index in [-0.39, 0.29) is 18.4 Å². The van der Waals surface area contributed by atoms with E-state index in [1.54, 1.807) is 0 Å². The van der Waals surface area contributed by atoms with E-state index >= 15 is 0 Å². The Bertz CT molecular complexity index is 266. The highest BCUT2D eigenvalue weighted by Crippen LogP contribution is 2.23. The van der Waals surface area contributed by atoms with E-state index in [0.29, 0.717) is 23.7 Å². The third-order valence-corrected chi connectivity index (χ3v) is 3.95. The fourth-order valence-electron chi connectivity index (χ4n) is 2.60. The number of piperidine rings is 1. The van der Waals surface area contributed by atoms with Crippen molar-refractivity contribution in [3.8, 4) is 0 Å². The maximum atomic E-state index is 12.1. The fraction of sp³-hybridized carbons (Fsp3) is 0.933. The molecule has 1 heterocycles. The highest BCUT2D eigenvalue weighted by atomic mass is 35.5. The minimum Gasteiger partial charge on any atom is -0.343 e. The Balaban J connectivity index is 0.00000324. The monoisotopic (exact) mass is 290 g/mol. The molecule has 2 N–H and O–H groups in total. The second-order valence-electron chi connectivity index (χ2n) is 6.99. The molecular weight excluding hydrogens is 260 g/mol. The summed E-state index contributed by atoms with van der Waals surface area (Å²) in [6.07, 6.45) is 4.98. The van der Waals surface area contributed by atoms with E-state index in [1.165, 1.54) is 0 Å². The molecule has 1 fully saturated rings. The van der Waals surface area contributed by atoms with Gasteiger partial charge in [0.1, 0.15) is 0 Å². The highest BCUT2D eigenvalue weighted by molar-refractivity contribution is 5.85. The van der Waals surface area contributed by atoms with Crippen LogP contribution in [0.5, 0.6) is 0 Å². The first-order chi connectivity index (χ1) is 8.29. The van der Waals surface area contributed by atoms with Crippen molar-refractivity contribution in [2.24, 2.45) is 17.1 Å². The van der Waals surface area contributed by atoms with Crippen molar-refractivity contribution in [3.63, 3.8) is 0 Å². The van der Waals surface area contributed by atoms with Crippen LogP contribution in [0.25, 0.3) is 0 Å². The van der Waals surface area contributed by atoms with Crippen LogP contribution in [-0.4, -0.2) is 29.9 Å². The fourth-order valence-corrected chi connectivity index (χ4v) is 2.60. The molecule has 0 aromatic rings. The van der Waals surface area contributed by atoms with E-state index < -0.39 is 0 Å². The molecule has 1 unspecified atom stereocenters. The van der Waals surface area contributed by atoms with Crippen LogP contribution in [0.2, 0.25) is 0 Å². The molecule has 0 aromatic heterocycles. The molecule has 1 rings (SSSR count). The molecule has 1 saturated heterocycles. The molecule has 1 atom stereocenters. The van der Waals surface area contributed by atoms with E-state index in [9.17, 15) is 4.79 Å². The summed E-state index contributed by atoms with van der Waals surface area (Å²) in [6, 6.07) is 0.267. The van der Waals surface area contributed by atoms with E-state index in [0.717, 1.165) is 38.8 Å². The number of likely N-dealkylation sites (tertiary alicyclic amines) is 1. The molecule has 0 saturated carbocycles. The van der Waals surface area contributed by atoms with Gasteiger partial charge >= 0.3 is 0 Å². The smallest absolute Gasteiger partial charge is 0.222 e. The summed E-state index contributed by atoms with van der Waals surface area (Å²) in [5, 5.41) is 0. The van der Waals surface area contributed by atoms with Gasteiger partial charge in [-0.15, -0.1) is 12.4 Å². The minimum absolute atomic E-state index is 0. The summed E-state index contributed by atoms with van der Waals surface area (Å²) in [7, 11) is 0. The quantitative estimate of drug-likeness (QED) is 0.864. The molecule has 3 nitrogen and oxygen atoms in total. The van der Waals surface area contributed by atoms with Crippen molar-refractivity contribution in [3.05, 3.63) is 0 Å². The molecule has 19 heavy (non-hydrogen) atoms. The predicted octanol–water partition coefficient (Wildman–Crippen LogP) is 3.21. The third-order valence-electron chi connectivity index (χ3n) is 3.95. The zero-order valence-corrected chi connectivity index (χ0v) is 13.8. The number of amides is 1. The Hall–Kier alpha value is -0.280. The van der Waals surface area contributed by atoms with Crippen LogP contribution < -0.4 is 5.73 Å². The number of hydrogen-bond acceptors (Lipinski definition) is 2. The van der Waals surface area contributed by atoms with Crippen molar-refractivity contribution >= 4 is 18.3 Å². The Morgan fingerprint density at radius 3 is 2.26 bits per heavy atom. The van der Waals surface area contributed by atoms with Gasteiger partial charge in [-0.05, 0) is 43.9 Å². The molecule has 1 amide bonds. The zero-order chi connectivity index (χ0) is 13.8. The zero-order valence-electron chi connectivity index (χ0n) is 12.9. The summed E-state index contributed by atoms with van der Waals surface area (Å²) in [4.78, 5) is 14.1. The van der Waals surface area contributed by atoms with Gasteiger partial charge < -0.3 is 10.6 Å². The van der Waals surface area contributed by atoms with E-state index in [2.05, 4.69) is 27.7 Å². The number of rotatable bonds is 4. The van der Waals surface area contributed by atoms with Crippen molar-refractivity contribution in [2.75, 3.05) is 13.1 Å². The predicted molar refractivity (Wildman–Crippen MR) is 83.5 cm³/mol. The number of carbonyl (C=O) groups is 1. The maximum Gasteiger partial charge on any atom is 0.222 e. The second-order valence-corrected chi connectivity index (χ2v) is 6.99. The number of nitrogens with two attached hydrogens (primary N) is 1. The first-order valence-electron chi connectivity index (χ1n) is 7.33. The molecule has 1 aliphatic rings. The molecule has 0 spiro atoms. The molecule has 114 valence electrons. The summed E-state index contributed by atoms with van der Waals surface area (Å²) in [5.74, 6) is 0.936. The normalized spacial score (nSPS) is 18.9. The van der Waals surface area contributed by atoms with Gasteiger partial charge in [-0.3, -0.25) is 4.79 Å². The molecular formula is C15H31ClN2O. The summed E-state index contributed by atoms with van der Waals surface area (Å²) in [6.45, 7) is 10.6. The SMILES string of the molecule is CC(N)C1CCN(C(=O)CCCC(C)(C)C)CC1.Cl. The van der Waals surface area contributed by atoms with Gasteiger partial charge in [-0.2, -0.15) is 0 Å². The van der Waals surface area contributed by atoms with Crippen LogP contribution in [0.1, 0.15) is 59.8 Å². The first-order valence-corrected chi connectivity index (χ1v) is 7.33. The van der Waals surface area contributed by atoms with E-state index in [1.807, 2.05) is 4.90 Å². The van der Waals surface area contributed by atoms with Crippen LogP contribution >= 0.6 is 12.4 Å². The molecule has 0 aliphatic carbocycles. The lowest BCUT2D eigenvalue weighted by Gasteiger charge is -2.34. The Kier molecular flexibility index (Phi) is 7.99. The van der Waals surface area contributed by atoms with Crippen LogP contribution in [0.15, 0.2) is 0 Å². The van der Waals surface area contributed by atoms with Gasteiger partial charge in [0.2, 0.25) is 5.91 Å². The Morgan fingerprint density at radius 2 is 1.84 bits per heavy atom. The van der Waals surface area contributed by atoms with Crippen LogP contribution in [0.4, 0.5) is 0 Å². The topological polar surface area (TPSA) is 46.3 Å². The van der Waals surface area contributed by atoms with Gasteiger partial charge in [-0.25, -0.2) is 0 Å². The van der Waals surface area contributed by atoms with Crippen molar-refractivity contribution in [1.82, 2.24) is 4.90 Å². The minimum atomic E-state index is 0. The number of hydrogen-bond donors (Lipinski definition) is 1. The summed E-state index contributed by atoms with van der Waals surface area (Å²) < 4.78 is 0. The number of halogens is 1. The van der Waals surface area contributed by atoms with Crippen molar-refractivity contribution < 1.29 is 4.79 Å². The average Bonchev–Trinajstić information content (AvgIpc) is 2.27. The molecule has 1 aliphatic heterocycles. The second kappa shape index (κ2) is 8.11. The largest absolute Gasteiger partial charge is 0.343 e. The van der Waals surface area contributed by atoms with Crippen molar-refractivity contribution in [1.29, 1.82) is 0 Å². The molecule has 4 heteroatoms. The van der Waals surface area contributed by atoms with Gasteiger partial charge in [0.25, 0.3) is 0 Å². The lowest BCUT2D eigenvalue weighted by molar-refractivity contribution is -0.132. The van der Waals surface area contributed by atoms with E-state index in [4.69, 9.17) is 5.73 Å². The lowest BCUT2D eigenvalue weighted by Crippen LogP contribution is -2.42. The van der Waals surface area contributed by atoms with Gasteiger partial charge in [0, 0.05) is 25.6 Å². The summed E-state index contributed by atoms with van der Waals surface area (Å²) >= 11 is 0. The molecule has 0 aromatic carbocycles. The molecule has 0 bridgehead atoms. The Labute approximate surface area is 124 Å². The van der Waals surface area contributed by atoms with Gasteiger partial charge in [-0.1, -0.05) is 20.8 Å². The maximum absolute atomic E-state index is 12.1. The van der Waals surface area contributed by atoms with Gasteiger partial charge in [0.05, 0.1) is 0 Å². The first kappa shape index (κ1) is 18.7. The van der Waals surface area contributed by atoms with Crippen molar-refractivity contribution in [2.45, 2.75) is 65.8 Å². The number of carbonyl (C=O) groups excluding carboxylic acids is 1. The lowest BCUT2D eigenvalue weighted by atomic mass is 9.89.